The Bertz CT molecular complexity index is 1030. The highest BCUT2D eigenvalue weighted by molar-refractivity contribution is 5.98. The summed E-state index contributed by atoms with van der Waals surface area (Å²) >= 11 is 0. The van der Waals surface area contributed by atoms with Crippen molar-refractivity contribution in [3.05, 3.63) is 53.6 Å². The lowest BCUT2D eigenvalue weighted by molar-refractivity contribution is -0.138. The van der Waals surface area contributed by atoms with Crippen LogP contribution in [0.2, 0.25) is 0 Å². The fraction of sp³-hybridized carbons (Fsp3) is 0.480. The number of ether oxygens (including phenoxy) is 2. The van der Waals surface area contributed by atoms with Crippen LogP contribution in [0, 0.1) is 5.92 Å². The molecule has 2 aromatic rings. The van der Waals surface area contributed by atoms with Crippen molar-refractivity contribution in [3.63, 3.8) is 0 Å². The smallest absolute Gasteiger partial charge is 0.378 e. The van der Waals surface area contributed by atoms with Crippen molar-refractivity contribution in [3.8, 4) is 0 Å². The van der Waals surface area contributed by atoms with Crippen molar-refractivity contribution in [2.24, 2.45) is 5.92 Å². The highest BCUT2D eigenvalue weighted by Crippen LogP contribution is 2.51. The summed E-state index contributed by atoms with van der Waals surface area (Å²) in [4.78, 5) is 17.5. The molecule has 34 heavy (non-hydrogen) atoms. The molecule has 0 aromatic heterocycles. The Hall–Kier alpha value is -2.78. The van der Waals surface area contributed by atoms with E-state index in [1.807, 2.05) is 12.1 Å². The second-order valence-corrected chi connectivity index (χ2v) is 8.92. The molecule has 3 fully saturated rings. The van der Waals surface area contributed by atoms with Crippen LogP contribution >= 0.6 is 0 Å². The lowest BCUT2D eigenvalue weighted by Crippen LogP contribution is -2.38. The molecule has 9 heteroatoms. The molecule has 1 aliphatic carbocycles. The van der Waals surface area contributed by atoms with Crippen LogP contribution in [0.4, 0.5) is 30.2 Å². The van der Waals surface area contributed by atoms with Crippen molar-refractivity contribution >= 4 is 23.0 Å². The predicted octanol–water partition coefficient (Wildman–Crippen LogP) is 4.12. The first kappa shape index (κ1) is 23.0. The maximum atomic E-state index is 13.4. The molecule has 3 aliphatic rings. The van der Waals surface area contributed by atoms with Crippen LogP contribution in [0.3, 0.4) is 0 Å². The van der Waals surface area contributed by atoms with E-state index in [-0.39, 0.29) is 11.5 Å². The van der Waals surface area contributed by atoms with Crippen LogP contribution in [0.1, 0.15) is 23.5 Å². The molecule has 182 valence electrons. The zero-order valence-corrected chi connectivity index (χ0v) is 18.8. The minimum atomic E-state index is -4.43. The maximum Gasteiger partial charge on any atom is 0.416 e. The predicted molar refractivity (Wildman–Crippen MR) is 123 cm³/mol. The molecule has 2 saturated heterocycles. The minimum absolute atomic E-state index is 0.200. The van der Waals surface area contributed by atoms with E-state index in [2.05, 4.69) is 21.2 Å². The molecule has 0 radical (unpaired) electrons. The quantitative estimate of drug-likeness (QED) is 0.705. The molecule has 1 saturated carbocycles. The molecule has 2 unspecified atom stereocenters. The molecule has 2 aromatic carbocycles. The average molecular weight is 476 g/mol. The van der Waals surface area contributed by atoms with Gasteiger partial charge in [0.25, 0.3) is 0 Å². The molecular formula is C25H28F3N3O3. The molecule has 2 aliphatic heterocycles. The summed E-state index contributed by atoms with van der Waals surface area (Å²) in [6, 6.07) is 11.5. The van der Waals surface area contributed by atoms with E-state index in [1.165, 1.54) is 12.1 Å². The Balaban J connectivity index is 1.35. The van der Waals surface area contributed by atoms with E-state index >= 15 is 0 Å². The first-order chi connectivity index (χ1) is 16.4. The average Bonchev–Trinajstić information content (AvgIpc) is 3.66. The van der Waals surface area contributed by atoms with Crippen LogP contribution in [0.15, 0.2) is 42.5 Å². The number of nitrogens with zero attached hydrogens (tertiary/aromatic N) is 2. The van der Waals surface area contributed by atoms with E-state index in [0.717, 1.165) is 30.5 Å². The van der Waals surface area contributed by atoms with Crippen LogP contribution in [0.5, 0.6) is 0 Å². The highest BCUT2D eigenvalue weighted by Gasteiger charge is 2.48. The normalized spacial score (nSPS) is 23.0. The second-order valence-electron chi connectivity index (χ2n) is 8.92. The SMILES string of the molecule is O=C(Nc1ccc(N2CCOCC2)cc1N1CCOCC1)C1CC1c1ccccc1C(F)(F)F. The van der Waals surface area contributed by atoms with Gasteiger partial charge in [0.1, 0.15) is 0 Å². The summed E-state index contributed by atoms with van der Waals surface area (Å²) in [7, 11) is 0. The van der Waals surface area contributed by atoms with Gasteiger partial charge in [-0.25, -0.2) is 0 Å². The van der Waals surface area contributed by atoms with Gasteiger partial charge in [-0.2, -0.15) is 13.2 Å². The summed E-state index contributed by atoms with van der Waals surface area (Å²) in [5.41, 5.74) is 2.20. The zero-order chi connectivity index (χ0) is 23.7. The van der Waals surface area contributed by atoms with Gasteiger partial charge in [0, 0.05) is 37.8 Å². The Morgan fingerprint density at radius 2 is 1.56 bits per heavy atom. The van der Waals surface area contributed by atoms with Gasteiger partial charge in [0.2, 0.25) is 5.91 Å². The Labute approximate surface area is 196 Å². The Morgan fingerprint density at radius 1 is 0.912 bits per heavy atom. The third-order valence-corrected chi connectivity index (χ3v) is 6.76. The monoisotopic (exact) mass is 475 g/mol. The van der Waals surface area contributed by atoms with Crippen LogP contribution < -0.4 is 15.1 Å². The summed E-state index contributed by atoms with van der Waals surface area (Å²) in [5, 5.41) is 3.01. The summed E-state index contributed by atoms with van der Waals surface area (Å²) in [6.07, 6.45) is -4.02. The van der Waals surface area contributed by atoms with Gasteiger partial charge in [0.05, 0.1) is 43.4 Å². The van der Waals surface area contributed by atoms with E-state index in [0.29, 0.717) is 51.6 Å². The number of hydrogen-bond donors (Lipinski definition) is 1. The van der Waals surface area contributed by atoms with Gasteiger partial charge >= 0.3 is 6.18 Å². The van der Waals surface area contributed by atoms with Gasteiger partial charge in [-0.05, 0) is 42.2 Å². The molecule has 1 amide bonds. The summed E-state index contributed by atoms with van der Waals surface area (Å²) in [6.45, 7) is 5.58. The second kappa shape index (κ2) is 9.46. The number of halogens is 3. The number of alkyl halides is 3. The molecule has 6 nitrogen and oxygen atoms in total. The largest absolute Gasteiger partial charge is 0.416 e. The van der Waals surface area contributed by atoms with Gasteiger partial charge in [-0.15, -0.1) is 0 Å². The number of amides is 1. The number of anilines is 3. The molecule has 0 bridgehead atoms. The zero-order valence-electron chi connectivity index (χ0n) is 18.8. The molecule has 0 spiro atoms. The third kappa shape index (κ3) is 4.86. The van der Waals surface area contributed by atoms with Gasteiger partial charge in [-0.3, -0.25) is 4.79 Å². The van der Waals surface area contributed by atoms with Crippen molar-refractivity contribution in [1.29, 1.82) is 0 Å². The first-order valence-corrected chi connectivity index (χ1v) is 11.7. The molecule has 5 rings (SSSR count). The van der Waals surface area contributed by atoms with Crippen LogP contribution in [-0.4, -0.2) is 58.5 Å². The summed E-state index contributed by atoms with van der Waals surface area (Å²) in [5.74, 6) is -1.13. The van der Waals surface area contributed by atoms with Crippen molar-refractivity contribution in [2.75, 3.05) is 67.7 Å². The fourth-order valence-electron chi connectivity index (χ4n) is 4.84. The summed E-state index contributed by atoms with van der Waals surface area (Å²) < 4.78 is 51.2. The fourth-order valence-corrected chi connectivity index (χ4v) is 4.84. The standard InChI is InChI=1S/C25H28F3N3O3/c26-25(27,28)21-4-2-1-3-18(21)19-16-20(19)24(32)29-22-6-5-17(30-7-11-33-12-8-30)15-23(22)31-9-13-34-14-10-31/h1-6,15,19-20H,7-14,16H2,(H,29,32). The molecule has 1 N–H and O–H groups in total. The van der Waals surface area contributed by atoms with Crippen molar-refractivity contribution in [1.82, 2.24) is 0 Å². The number of carbonyl (C=O) groups excluding carboxylic acids is 1. The Kier molecular flexibility index (Phi) is 6.40. The lowest BCUT2D eigenvalue weighted by Gasteiger charge is -2.33. The van der Waals surface area contributed by atoms with E-state index in [9.17, 15) is 18.0 Å². The van der Waals surface area contributed by atoms with Gasteiger partial charge in [0.15, 0.2) is 0 Å². The molecule has 2 atom stereocenters. The van der Waals surface area contributed by atoms with Crippen LogP contribution in [-0.2, 0) is 20.4 Å². The van der Waals surface area contributed by atoms with E-state index in [4.69, 9.17) is 9.47 Å². The number of rotatable bonds is 5. The van der Waals surface area contributed by atoms with Gasteiger partial charge < -0.3 is 24.6 Å². The third-order valence-electron chi connectivity index (χ3n) is 6.76. The lowest BCUT2D eigenvalue weighted by atomic mass is 10.0. The number of carbonyl (C=O) groups is 1. The van der Waals surface area contributed by atoms with Crippen molar-refractivity contribution in [2.45, 2.75) is 18.5 Å². The molecule has 2 heterocycles. The van der Waals surface area contributed by atoms with E-state index < -0.39 is 23.6 Å². The maximum absolute atomic E-state index is 13.4. The number of hydrogen-bond acceptors (Lipinski definition) is 5. The topological polar surface area (TPSA) is 54.0 Å². The number of morpholine rings is 2. The number of nitrogens with one attached hydrogen (secondary N) is 1. The van der Waals surface area contributed by atoms with Crippen molar-refractivity contribution < 1.29 is 27.4 Å². The Morgan fingerprint density at radius 3 is 2.24 bits per heavy atom. The van der Waals surface area contributed by atoms with Gasteiger partial charge in [-0.1, -0.05) is 18.2 Å². The first-order valence-electron chi connectivity index (χ1n) is 11.7. The minimum Gasteiger partial charge on any atom is -0.378 e. The number of benzene rings is 2. The molecular weight excluding hydrogens is 447 g/mol. The van der Waals surface area contributed by atoms with E-state index in [1.54, 1.807) is 6.07 Å². The van der Waals surface area contributed by atoms with Crippen LogP contribution in [0.25, 0.3) is 0 Å². The highest BCUT2D eigenvalue weighted by atomic mass is 19.4.